The summed E-state index contributed by atoms with van der Waals surface area (Å²) in [5, 5.41) is 23.0. The minimum absolute atomic E-state index is 0. The average molecular weight is 480 g/mol. The molecule has 3 aromatic rings. The summed E-state index contributed by atoms with van der Waals surface area (Å²) in [5.74, 6) is -0.645. The van der Waals surface area contributed by atoms with Gasteiger partial charge in [0, 0.05) is 12.0 Å². The number of halogens is 1. The van der Waals surface area contributed by atoms with Gasteiger partial charge in [0.2, 0.25) is 0 Å². The number of nitrogens with one attached hydrogen (secondary N) is 1. The molecule has 1 aliphatic heterocycles. The Morgan fingerprint density at radius 3 is 2.09 bits per heavy atom. The summed E-state index contributed by atoms with van der Waals surface area (Å²) in [4.78, 5) is 14.9. The zero-order chi connectivity index (χ0) is 23.6. The number of benzene rings is 3. The van der Waals surface area contributed by atoms with Crippen LogP contribution in [0.25, 0.3) is 0 Å². The van der Waals surface area contributed by atoms with Crippen LogP contribution in [0, 0.1) is 19.8 Å². The van der Waals surface area contributed by atoms with Gasteiger partial charge in [0.15, 0.2) is 5.78 Å². The van der Waals surface area contributed by atoms with E-state index in [0.29, 0.717) is 25.1 Å². The fourth-order valence-corrected chi connectivity index (χ4v) is 5.05. The third kappa shape index (κ3) is 5.26. The monoisotopic (exact) mass is 479 g/mol. The smallest absolute Gasteiger partial charge is 0.174 e. The van der Waals surface area contributed by atoms with Crippen LogP contribution in [0.15, 0.2) is 78.9 Å². The first kappa shape index (κ1) is 26.1. The number of aliphatic hydroxyl groups excluding tert-OH is 1. The van der Waals surface area contributed by atoms with E-state index in [1.807, 2.05) is 99.6 Å². The van der Waals surface area contributed by atoms with Crippen LogP contribution in [0.3, 0.4) is 0 Å². The summed E-state index contributed by atoms with van der Waals surface area (Å²) in [7, 11) is 0. The molecule has 1 aliphatic rings. The molecule has 0 radical (unpaired) electrons. The Hall–Kier alpha value is -2.50. The molecule has 0 aliphatic carbocycles. The molecule has 34 heavy (non-hydrogen) atoms. The summed E-state index contributed by atoms with van der Waals surface area (Å²) in [6.07, 6.45) is -0.179. The molecular weight excluding hydrogens is 446 g/mol. The number of Topliss-reactive ketones (excluding diaryl/α,β-unsaturated/α-hetero) is 1. The summed E-state index contributed by atoms with van der Waals surface area (Å²) < 4.78 is 0. The summed E-state index contributed by atoms with van der Waals surface area (Å²) in [6, 6.07) is 25.0. The molecule has 0 amide bonds. The SMILES string of the molecule is Cc1ccc(C(=O)C2C[NH+](C(C)C(O)c3ccccc3)CCC2(O)c2ccc(C)cc2)cc1.[Cl-]. The molecule has 1 fully saturated rings. The van der Waals surface area contributed by atoms with E-state index in [9.17, 15) is 15.0 Å². The van der Waals surface area contributed by atoms with Crippen molar-refractivity contribution >= 4 is 5.78 Å². The van der Waals surface area contributed by atoms with Crippen LogP contribution in [-0.4, -0.2) is 35.1 Å². The fraction of sp³-hybridized carbons (Fsp3) is 0.345. The van der Waals surface area contributed by atoms with Gasteiger partial charge < -0.3 is 27.5 Å². The zero-order valence-corrected chi connectivity index (χ0v) is 20.8. The number of quaternary nitrogens is 1. The number of likely N-dealkylation sites (tertiary alicyclic amines) is 1. The number of aliphatic hydroxyl groups is 2. The van der Waals surface area contributed by atoms with Gasteiger partial charge in [0.25, 0.3) is 0 Å². The Bertz CT molecular complexity index is 1080. The molecule has 3 aromatic carbocycles. The highest BCUT2D eigenvalue weighted by Crippen LogP contribution is 2.36. The number of carbonyl (C=O) groups is 1. The van der Waals surface area contributed by atoms with Crippen LogP contribution < -0.4 is 17.3 Å². The second-order valence-electron chi connectivity index (χ2n) is 9.58. The molecule has 4 rings (SSSR count). The topological polar surface area (TPSA) is 62.0 Å². The van der Waals surface area contributed by atoms with Crippen molar-refractivity contribution < 1.29 is 32.3 Å². The second-order valence-corrected chi connectivity index (χ2v) is 9.58. The Morgan fingerprint density at radius 2 is 1.50 bits per heavy atom. The highest BCUT2D eigenvalue weighted by atomic mass is 35.5. The van der Waals surface area contributed by atoms with E-state index in [0.717, 1.165) is 27.2 Å². The number of hydrogen-bond acceptors (Lipinski definition) is 3. The quantitative estimate of drug-likeness (QED) is 0.449. The van der Waals surface area contributed by atoms with Crippen molar-refractivity contribution in [3.8, 4) is 0 Å². The van der Waals surface area contributed by atoms with E-state index in [4.69, 9.17) is 0 Å². The minimum Gasteiger partial charge on any atom is -1.00 e. The lowest BCUT2D eigenvalue weighted by Crippen LogP contribution is -3.18. The Morgan fingerprint density at radius 1 is 0.941 bits per heavy atom. The third-order valence-electron chi connectivity index (χ3n) is 7.33. The van der Waals surface area contributed by atoms with Crippen LogP contribution in [0.2, 0.25) is 0 Å². The predicted molar refractivity (Wildman–Crippen MR) is 130 cm³/mol. The van der Waals surface area contributed by atoms with E-state index < -0.39 is 17.6 Å². The molecule has 5 atom stereocenters. The van der Waals surface area contributed by atoms with Crippen molar-refractivity contribution in [3.05, 3.63) is 107 Å². The van der Waals surface area contributed by atoms with Gasteiger partial charge >= 0.3 is 0 Å². The van der Waals surface area contributed by atoms with Crippen molar-refractivity contribution in [2.24, 2.45) is 5.92 Å². The van der Waals surface area contributed by atoms with Crippen LogP contribution >= 0.6 is 0 Å². The number of ketones is 1. The first-order valence-corrected chi connectivity index (χ1v) is 11.8. The first-order valence-electron chi connectivity index (χ1n) is 11.8. The van der Waals surface area contributed by atoms with Crippen molar-refractivity contribution in [3.63, 3.8) is 0 Å². The normalized spacial score (nSPS) is 24.0. The van der Waals surface area contributed by atoms with Crippen LogP contribution in [0.5, 0.6) is 0 Å². The molecule has 0 aromatic heterocycles. The van der Waals surface area contributed by atoms with Gasteiger partial charge in [0.05, 0.1) is 13.1 Å². The minimum atomic E-state index is -1.24. The molecule has 0 spiro atoms. The standard InChI is InChI=1S/C29H33NO3.ClH/c1-20-9-13-24(14-10-20)28(32)26-19-30(22(3)27(31)23-7-5-4-6-8-23)18-17-29(26,33)25-15-11-21(2)12-16-25;/h4-16,22,26-27,31,33H,17-19H2,1-3H3;1H. The van der Waals surface area contributed by atoms with Crippen LogP contribution in [0.1, 0.15) is 52.1 Å². The number of aryl methyl sites for hydroxylation is 2. The molecule has 0 saturated carbocycles. The summed E-state index contributed by atoms with van der Waals surface area (Å²) >= 11 is 0. The van der Waals surface area contributed by atoms with E-state index in [1.165, 1.54) is 0 Å². The van der Waals surface area contributed by atoms with Gasteiger partial charge in [-0.3, -0.25) is 4.79 Å². The van der Waals surface area contributed by atoms with Crippen LogP contribution in [0.4, 0.5) is 0 Å². The molecule has 1 saturated heterocycles. The van der Waals surface area contributed by atoms with Gasteiger partial charge in [-0.25, -0.2) is 0 Å². The Labute approximate surface area is 208 Å². The first-order chi connectivity index (χ1) is 15.8. The summed E-state index contributed by atoms with van der Waals surface area (Å²) in [5.41, 5.74) is 3.25. The van der Waals surface area contributed by atoms with Crippen molar-refractivity contribution in [2.75, 3.05) is 13.1 Å². The van der Waals surface area contributed by atoms with E-state index in [2.05, 4.69) is 0 Å². The van der Waals surface area contributed by atoms with Crippen LogP contribution in [-0.2, 0) is 5.60 Å². The van der Waals surface area contributed by atoms with Gasteiger partial charge in [-0.05, 0) is 31.9 Å². The molecule has 1 heterocycles. The van der Waals surface area contributed by atoms with E-state index in [-0.39, 0.29) is 24.2 Å². The Balaban J connectivity index is 0.00000324. The number of rotatable bonds is 6. The van der Waals surface area contributed by atoms with Gasteiger partial charge in [-0.2, -0.15) is 0 Å². The van der Waals surface area contributed by atoms with E-state index >= 15 is 0 Å². The van der Waals surface area contributed by atoms with Gasteiger partial charge in [-0.1, -0.05) is 90.0 Å². The Kier molecular flexibility index (Phi) is 8.32. The zero-order valence-electron chi connectivity index (χ0n) is 20.0. The molecule has 4 nitrogen and oxygen atoms in total. The van der Waals surface area contributed by atoms with E-state index in [1.54, 1.807) is 0 Å². The maximum atomic E-state index is 13.7. The van der Waals surface area contributed by atoms with Crippen molar-refractivity contribution in [1.82, 2.24) is 0 Å². The number of piperidine rings is 1. The molecular formula is C29H34ClNO3. The fourth-order valence-electron chi connectivity index (χ4n) is 5.05. The highest BCUT2D eigenvalue weighted by Gasteiger charge is 2.50. The predicted octanol–water partition coefficient (Wildman–Crippen LogP) is 0.405. The maximum absolute atomic E-state index is 13.7. The van der Waals surface area contributed by atoms with Gasteiger partial charge in [0.1, 0.15) is 23.7 Å². The molecule has 5 unspecified atom stereocenters. The third-order valence-corrected chi connectivity index (χ3v) is 7.33. The number of hydrogen-bond donors (Lipinski definition) is 3. The lowest BCUT2D eigenvalue weighted by molar-refractivity contribution is -0.937. The lowest BCUT2D eigenvalue weighted by Gasteiger charge is -2.44. The van der Waals surface area contributed by atoms with Gasteiger partial charge in [-0.15, -0.1) is 0 Å². The largest absolute Gasteiger partial charge is 1.00 e. The highest BCUT2D eigenvalue weighted by molar-refractivity contribution is 5.98. The molecule has 180 valence electrons. The van der Waals surface area contributed by atoms with Crippen molar-refractivity contribution in [1.29, 1.82) is 0 Å². The molecule has 5 heteroatoms. The van der Waals surface area contributed by atoms with Crippen molar-refractivity contribution in [2.45, 2.75) is 44.9 Å². The maximum Gasteiger partial charge on any atom is 0.174 e. The summed E-state index contributed by atoms with van der Waals surface area (Å²) in [6.45, 7) is 7.17. The number of carbonyl (C=O) groups excluding carboxylic acids is 1. The second kappa shape index (κ2) is 10.8. The lowest BCUT2D eigenvalue weighted by atomic mass is 9.72. The molecule has 3 N–H and O–H groups in total. The average Bonchev–Trinajstić information content (AvgIpc) is 2.84. The molecule has 0 bridgehead atoms.